The van der Waals surface area contributed by atoms with Crippen molar-refractivity contribution in [3.05, 3.63) is 35.7 Å². The molecule has 0 atom stereocenters. The molecule has 1 aromatic carbocycles. The predicted molar refractivity (Wildman–Crippen MR) is 82.5 cm³/mol. The lowest BCUT2D eigenvalue weighted by molar-refractivity contribution is -0.128. The highest BCUT2D eigenvalue weighted by atomic mass is 16.5. The first-order valence-electron chi connectivity index (χ1n) is 7.65. The minimum atomic E-state index is 0.193. The topological polar surface area (TPSA) is 55.6 Å². The van der Waals surface area contributed by atoms with Crippen molar-refractivity contribution >= 4 is 5.91 Å². The molecule has 22 heavy (non-hydrogen) atoms. The van der Waals surface area contributed by atoms with Gasteiger partial charge in [0.2, 0.25) is 11.8 Å². The lowest BCUT2D eigenvalue weighted by Gasteiger charge is -2.13. The van der Waals surface area contributed by atoms with Gasteiger partial charge in [-0.25, -0.2) is 4.98 Å². The number of aromatic nitrogens is 1. The molecule has 1 saturated heterocycles. The third-order valence-corrected chi connectivity index (χ3v) is 3.82. The summed E-state index contributed by atoms with van der Waals surface area (Å²) in [5.41, 5.74) is 1.66. The van der Waals surface area contributed by atoms with Crippen molar-refractivity contribution < 1.29 is 13.9 Å². The molecule has 0 unspecified atom stereocenters. The van der Waals surface area contributed by atoms with E-state index in [1.807, 2.05) is 43.0 Å². The van der Waals surface area contributed by atoms with Crippen molar-refractivity contribution in [1.82, 2.24) is 9.88 Å². The normalized spacial score (nSPS) is 14.6. The number of likely N-dealkylation sites (tertiary alicyclic amines) is 1. The van der Waals surface area contributed by atoms with E-state index >= 15 is 0 Å². The van der Waals surface area contributed by atoms with Gasteiger partial charge in [0.25, 0.3) is 0 Å². The van der Waals surface area contributed by atoms with E-state index in [2.05, 4.69) is 4.98 Å². The fourth-order valence-corrected chi connectivity index (χ4v) is 2.67. The standard InChI is InChI=1S/C17H20N2O3/c1-3-21-15-8-5-4-7-13(15)17-18-14(12(2)22-17)11-19-10-6-9-16(19)20/h4-5,7-8H,3,6,9-11H2,1-2H3. The van der Waals surface area contributed by atoms with E-state index in [1.165, 1.54) is 0 Å². The van der Waals surface area contributed by atoms with E-state index < -0.39 is 0 Å². The van der Waals surface area contributed by atoms with Crippen molar-refractivity contribution in [2.24, 2.45) is 0 Å². The van der Waals surface area contributed by atoms with Crippen molar-refractivity contribution in [2.45, 2.75) is 33.2 Å². The van der Waals surface area contributed by atoms with Crippen LogP contribution in [0, 0.1) is 6.92 Å². The Kier molecular flexibility index (Phi) is 4.13. The van der Waals surface area contributed by atoms with Crippen LogP contribution in [0.25, 0.3) is 11.5 Å². The average Bonchev–Trinajstić information content (AvgIpc) is 3.07. The zero-order chi connectivity index (χ0) is 15.5. The number of para-hydroxylation sites is 1. The van der Waals surface area contributed by atoms with Gasteiger partial charge in [-0.15, -0.1) is 0 Å². The van der Waals surface area contributed by atoms with Gasteiger partial charge < -0.3 is 14.1 Å². The number of nitrogens with zero attached hydrogens (tertiary/aromatic N) is 2. The van der Waals surface area contributed by atoms with Crippen LogP contribution in [0.1, 0.15) is 31.2 Å². The largest absolute Gasteiger partial charge is 0.493 e. The molecule has 5 heteroatoms. The molecule has 3 rings (SSSR count). The number of carbonyl (C=O) groups is 1. The summed E-state index contributed by atoms with van der Waals surface area (Å²) in [6.45, 7) is 5.74. The van der Waals surface area contributed by atoms with Crippen molar-refractivity contribution in [2.75, 3.05) is 13.2 Å². The molecule has 1 amide bonds. The van der Waals surface area contributed by atoms with E-state index in [1.54, 1.807) is 0 Å². The van der Waals surface area contributed by atoms with Gasteiger partial charge in [-0.1, -0.05) is 12.1 Å². The lowest BCUT2D eigenvalue weighted by atomic mass is 10.2. The second-order valence-electron chi connectivity index (χ2n) is 5.37. The van der Waals surface area contributed by atoms with Gasteiger partial charge in [-0.3, -0.25) is 4.79 Å². The maximum absolute atomic E-state index is 11.8. The SMILES string of the molecule is CCOc1ccccc1-c1nc(CN2CCCC2=O)c(C)o1. The highest BCUT2D eigenvalue weighted by Crippen LogP contribution is 2.31. The van der Waals surface area contributed by atoms with Gasteiger partial charge in [0.15, 0.2) is 0 Å². The summed E-state index contributed by atoms with van der Waals surface area (Å²) in [5.74, 6) is 2.25. The number of carbonyl (C=O) groups excluding carboxylic acids is 1. The molecule has 1 aromatic heterocycles. The van der Waals surface area contributed by atoms with Crippen molar-refractivity contribution in [3.63, 3.8) is 0 Å². The maximum Gasteiger partial charge on any atom is 0.230 e. The first-order chi connectivity index (χ1) is 10.7. The summed E-state index contributed by atoms with van der Waals surface area (Å²) in [6.07, 6.45) is 1.56. The van der Waals surface area contributed by atoms with Crippen LogP contribution in [0.5, 0.6) is 5.75 Å². The van der Waals surface area contributed by atoms with Crippen LogP contribution >= 0.6 is 0 Å². The van der Waals surface area contributed by atoms with Crippen LogP contribution in [0.2, 0.25) is 0 Å². The van der Waals surface area contributed by atoms with Crippen LogP contribution < -0.4 is 4.74 Å². The molecule has 0 saturated carbocycles. The zero-order valence-corrected chi connectivity index (χ0v) is 13.0. The van der Waals surface area contributed by atoms with Crippen LogP contribution in [0.15, 0.2) is 28.7 Å². The highest BCUT2D eigenvalue weighted by Gasteiger charge is 2.23. The van der Waals surface area contributed by atoms with Crippen molar-refractivity contribution in [3.8, 4) is 17.2 Å². The Morgan fingerprint density at radius 3 is 2.91 bits per heavy atom. The molecule has 0 radical (unpaired) electrons. The molecule has 1 aliphatic heterocycles. The average molecular weight is 300 g/mol. The predicted octanol–water partition coefficient (Wildman–Crippen LogP) is 3.17. The molecule has 0 spiro atoms. The third kappa shape index (κ3) is 2.84. The number of aryl methyl sites for hydroxylation is 1. The van der Waals surface area contributed by atoms with Crippen LogP contribution in [0.4, 0.5) is 0 Å². The molecule has 1 aliphatic rings. The molecule has 2 aromatic rings. The maximum atomic E-state index is 11.8. The van der Waals surface area contributed by atoms with E-state index in [-0.39, 0.29) is 5.91 Å². The molecular formula is C17H20N2O3. The molecular weight excluding hydrogens is 280 g/mol. The number of hydrogen-bond donors (Lipinski definition) is 0. The van der Waals surface area contributed by atoms with E-state index in [0.29, 0.717) is 25.5 Å². The third-order valence-electron chi connectivity index (χ3n) is 3.82. The number of oxazole rings is 1. The summed E-state index contributed by atoms with van der Waals surface area (Å²) < 4.78 is 11.4. The smallest absolute Gasteiger partial charge is 0.230 e. The Bertz CT molecular complexity index is 678. The van der Waals surface area contributed by atoms with Gasteiger partial charge in [0, 0.05) is 13.0 Å². The molecule has 116 valence electrons. The van der Waals surface area contributed by atoms with Crippen LogP contribution in [-0.2, 0) is 11.3 Å². The van der Waals surface area contributed by atoms with E-state index in [9.17, 15) is 4.79 Å². The second kappa shape index (κ2) is 6.22. The minimum absolute atomic E-state index is 0.193. The summed E-state index contributed by atoms with van der Waals surface area (Å²) in [5, 5.41) is 0. The van der Waals surface area contributed by atoms with Crippen LogP contribution in [-0.4, -0.2) is 28.9 Å². The number of ether oxygens (including phenoxy) is 1. The number of benzene rings is 1. The molecule has 0 N–H and O–H groups in total. The molecule has 1 fully saturated rings. The minimum Gasteiger partial charge on any atom is -0.493 e. The van der Waals surface area contributed by atoms with Gasteiger partial charge in [-0.05, 0) is 32.4 Å². The van der Waals surface area contributed by atoms with Gasteiger partial charge in [0.1, 0.15) is 17.2 Å². The number of amides is 1. The Hall–Kier alpha value is -2.30. The quantitative estimate of drug-likeness (QED) is 0.851. The van der Waals surface area contributed by atoms with Gasteiger partial charge >= 0.3 is 0 Å². The Morgan fingerprint density at radius 1 is 1.36 bits per heavy atom. The summed E-state index contributed by atoms with van der Waals surface area (Å²) in [6, 6.07) is 7.69. The number of hydrogen-bond acceptors (Lipinski definition) is 4. The highest BCUT2D eigenvalue weighted by molar-refractivity contribution is 5.78. The lowest BCUT2D eigenvalue weighted by Crippen LogP contribution is -2.24. The fourth-order valence-electron chi connectivity index (χ4n) is 2.67. The first-order valence-corrected chi connectivity index (χ1v) is 7.65. The molecule has 2 heterocycles. The van der Waals surface area contributed by atoms with Gasteiger partial charge in [0.05, 0.1) is 18.7 Å². The van der Waals surface area contributed by atoms with Crippen LogP contribution in [0.3, 0.4) is 0 Å². The Balaban J connectivity index is 1.87. The zero-order valence-electron chi connectivity index (χ0n) is 13.0. The Labute approximate surface area is 129 Å². The molecule has 5 nitrogen and oxygen atoms in total. The summed E-state index contributed by atoms with van der Waals surface area (Å²) in [4.78, 5) is 18.2. The van der Waals surface area contributed by atoms with Crippen molar-refractivity contribution in [1.29, 1.82) is 0 Å². The first kappa shape index (κ1) is 14.6. The number of rotatable bonds is 5. The Morgan fingerprint density at radius 2 is 2.18 bits per heavy atom. The molecule has 0 bridgehead atoms. The van der Waals surface area contributed by atoms with Gasteiger partial charge in [-0.2, -0.15) is 0 Å². The monoisotopic (exact) mass is 300 g/mol. The van der Waals surface area contributed by atoms with E-state index in [0.717, 1.165) is 35.7 Å². The summed E-state index contributed by atoms with van der Waals surface area (Å²) >= 11 is 0. The van der Waals surface area contributed by atoms with E-state index in [4.69, 9.17) is 9.15 Å². The summed E-state index contributed by atoms with van der Waals surface area (Å²) in [7, 11) is 0. The second-order valence-corrected chi connectivity index (χ2v) is 5.37. The molecule has 0 aliphatic carbocycles. The fraction of sp³-hybridized carbons (Fsp3) is 0.412.